The number of hydrogen-bond acceptors (Lipinski definition) is 8. The maximum atomic E-state index is 5.74. The van der Waals surface area contributed by atoms with Crippen LogP contribution in [0.25, 0.3) is 21.5 Å². The van der Waals surface area contributed by atoms with E-state index in [-0.39, 0.29) is 5.25 Å². The first-order valence-electron chi connectivity index (χ1n) is 6.80. The molecule has 0 unspecified atom stereocenters. The van der Waals surface area contributed by atoms with Crippen LogP contribution in [-0.4, -0.2) is 25.4 Å². The maximum absolute atomic E-state index is 5.74. The van der Waals surface area contributed by atoms with E-state index >= 15 is 0 Å². The van der Waals surface area contributed by atoms with E-state index in [4.69, 9.17) is 4.42 Å². The van der Waals surface area contributed by atoms with Crippen LogP contribution in [0.2, 0.25) is 0 Å². The van der Waals surface area contributed by atoms with Crippen LogP contribution < -0.4 is 0 Å². The Balaban J connectivity index is 1.49. The van der Waals surface area contributed by atoms with Gasteiger partial charge in [0.25, 0.3) is 5.89 Å². The second-order valence-corrected chi connectivity index (χ2v) is 7.83. The summed E-state index contributed by atoms with van der Waals surface area (Å²) in [6.45, 7) is 2.00. The molecule has 0 aromatic carbocycles. The minimum Gasteiger partial charge on any atom is -0.419 e. The molecule has 0 aliphatic rings. The molecule has 0 fully saturated rings. The maximum Gasteiger partial charge on any atom is 0.257 e. The van der Waals surface area contributed by atoms with E-state index in [1.807, 2.05) is 41.9 Å². The third kappa shape index (κ3) is 3.07. The molecule has 4 aromatic rings. The number of aromatic nitrogens is 5. The summed E-state index contributed by atoms with van der Waals surface area (Å²) in [6, 6.07) is 7.92. The van der Waals surface area contributed by atoms with Gasteiger partial charge in [-0.3, -0.25) is 5.10 Å². The molecule has 23 heavy (non-hydrogen) atoms. The summed E-state index contributed by atoms with van der Waals surface area (Å²) in [4.78, 5) is 6.53. The molecule has 0 bridgehead atoms. The van der Waals surface area contributed by atoms with Crippen LogP contribution >= 0.6 is 34.4 Å². The van der Waals surface area contributed by atoms with Gasteiger partial charge in [0.15, 0.2) is 5.82 Å². The molecule has 0 amide bonds. The molecule has 1 atom stereocenters. The van der Waals surface area contributed by atoms with Crippen LogP contribution in [0.15, 0.2) is 44.6 Å². The van der Waals surface area contributed by atoms with E-state index in [1.54, 1.807) is 22.7 Å². The van der Waals surface area contributed by atoms with Crippen molar-refractivity contribution in [1.82, 2.24) is 25.4 Å². The summed E-state index contributed by atoms with van der Waals surface area (Å²) in [7, 11) is 0. The van der Waals surface area contributed by atoms with E-state index < -0.39 is 0 Å². The first kappa shape index (κ1) is 14.6. The van der Waals surface area contributed by atoms with Gasteiger partial charge in [-0.25, -0.2) is 4.98 Å². The van der Waals surface area contributed by atoms with Gasteiger partial charge in [-0.2, -0.15) is 0 Å². The molecule has 1 N–H and O–H groups in total. The standard InChI is InChI=1S/C14H11N5OS3/c1-8(12-17-18-13(20-12)10-5-3-7-22-10)23-14-15-11(16-19-14)9-4-2-6-21-9/h2-8H,1H3,(H,15,16,19)/t8-/m0/s1. The molecular weight excluding hydrogens is 350 g/mol. The number of rotatable bonds is 5. The highest BCUT2D eigenvalue weighted by Gasteiger charge is 2.19. The molecule has 0 spiro atoms. The fraction of sp³-hybridized carbons (Fsp3) is 0.143. The Morgan fingerprint density at radius 3 is 2.65 bits per heavy atom. The average molecular weight is 361 g/mol. The van der Waals surface area contributed by atoms with Gasteiger partial charge in [0.05, 0.1) is 15.0 Å². The lowest BCUT2D eigenvalue weighted by Crippen LogP contribution is -1.89. The highest BCUT2D eigenvalue weighted by atomic mass is 32.2. The Kier molecular flexibility index (Phi) is 3.98. The largest absolute Gasteiger partial charge is 0.419 e. The van der Waals surface area contributed by atoms with Gasteiger partial charge in [-0.05, 0) is 29.8 Å². The molecule has 9 heteroatoms. The lowest BCUT2D eigenvalue weighted by molar-refractivity contribution is 0.510. The molecule has 4 heterocycles. The average Bonchev–Trinajstić information content (AvgIpc) is 3.30. The van der Waals surface area contributed by atoms with Crippen LogP contribution in [0.1, 0.15) is 18.1 Å². The smallest absolute Gasteiger partial charge is 0.257 e. The van der Waals surface area contributed by atoms with Crippen LogP contribution in [0.3, 0.4) is 0 Å². The molecule has 0 saturated carbocycles. The van der Waals surface area contributed by atoms with Gasteiger partial charge in [0, 0.05) is 0 Å². The van der Waals surface area contributed by atoms with E-state index in [2.05, 4.69) is 25.4 Å². The number of thioether (sulfide) groups is 1. The molecular formula is C14H11N5OS3. The SMILES string of the molecule is C[C@H](Sc1n[nH]c(-c2cccs2)n1)c1nnc(-c2cccs2)o1. The van der Waals surface area contributed by atoms with Crippen molar-refractivity contribution in [2.45, 2.75) is 17.3 Å². The second-order valence-electron chi connectivity index (χ2n) is 4.63. The van der Waals surface area contributed by atoms with Gasteiger partial charge in [-0.1, -0.05) is 23.9 Å². The zero-order valence-corrected chi connectivity index (χ0v) is 14.4. The number of nitrogens with one attached hydrogen (secondary N) is 1. The monoisotopic (exact) mass is 361 g/mol. The van der Waals surface area contributed by atoms with E-state index in [9.17, 15) is 0 Å². The normalized spacial score (nSPS) is 12.6. The zero-order valence-electron chi connectivity index (χ0n) is 12.0. The first-order chi connectivity index (χ1) is 11.3. The Bertz CT molecular complexity index is 881. The fourth-order valence-corrected chi connectivity index (χ4v) is 3.99. The molecule has 0 radical (unpaired) electrons. The molecule has 4 aromatic heterocycles. The number of hydrogen-bond donors (Lipinski definition) is 1. The highest BCUT2D eigenvalue weighted by molar-refractivity contribution is 7.99. The Hall–Kier alpha value is -1.97. The van der Waals surface area contributed by atoms with Crippen molar-refractivity contribution < 1.29 is 4.42 Å². The summed E-state index contributed by atoms with van der Waals surface area (Å²) < 4.78 is 5.74. The summed E-state index contributed by atoms with van der Waals surface area (Å²) in [5.41, 5.74) is 0. The quantitative estimate of drug-likeness (QED) is 0.527. The molecule has 0 aliphatic carbocycles. The van der Waals surface area contributed by atoms with Crippen molar-refractivity contribution in [1.29, 1.82) is 0 Å². The fourth-order valence-electron chi connectivity index (χ4n) is 1.93. The first-order valence-corrected chi connectivity index (χ1v) is 9.44. The molecule has 6 nitrogen and oxygen atoms in total. The number of H-pyrrole nitrogens is 1. The van der Waals surface area contributed by atoms with Gasteiger partial charge in [-0.15, -0.1) is 38.0 Å². The number of nitrogens with zero attached hydrogens (tertiary/aromatic N) is 4. The van der Waals surface area contributed by atoms with Gasteiger partial charge < -0.3 is 4.42 Å². The van der Waals surface area contributed by atoms with Crippen molar-refractivity contribution in [2.75, 3.05) is 0 Å². The van der Waals surface area contributed by atoms with Gasteiger partial charge in [0.1, 0.15) is 0 Å². The van der Waals surface area contributed by atoms with E-state index in [0.717, 1.165) is 15.6 Å². The molecule has 4 rings (SSSR count). The molecule has 0 saturated heterocycles. The number of thiophene rings is 2. The Morgan fingerprint density at radius 2 is 1.91 bits per heavy atom. The number of aromatic amines is 1. The molecule has 116 valence electrons. The topological polar surface area (TPSA) is 80.5 Å². The minimum absolute atomic E-state index is 0.0248. The Morgan fingerprint density at radius 1 is 1.13 bits per heavy atom. The third-order valence-electron chi connectivity index (χ3n) is 3.02. The predicted octanol–water partition coefficient (Wildman–Crippen LogP) is 4.50. The summed E-state index contributed by atoms with van der Waals surface area (Å²) in [5.74, 6) is 1.90. The van der Waals surface area contributed by atoms with Crippen molar-refractivity contribution in [3.63, 3.8) is 0 Å². The lowest BCUT2D eigenvalue weighted by atomic mass is 10.4. The van der Waals surface area contributed by atoms with Crippen molar-refractivity contribution in [3.05, 3.63) is 40.9 Å². The summed E-state index contributed by atoms with van der Waals surface area (Å²) in [5, 5.41) is 20.1. The van der Waals surface area contributed by atoms with Gasteiger partial charge >= 0.3 is 0 Å². The minimum atomic E-state index is -0.0248. The van der Waals surface area contributed by atoms with Crippen molar-refractivity contribution >= 4 is 34.4 Å². The van der Waals surface area contributed by atoms with E-state index in [0.29, 0.717) is 16.9 Å². The third-order valence-corrected chi connectivity index (χ3v) is 5.71. The highest BCUT2D eigenvalue weighted by Crippen LogP contribution is 2.34. The van der Waals surface area contributed by atoms with Crippen LogP contribution in [0, 0.1) is 0 Å². The zero-order chi connectivity index (χ0) is 15.6. The summed E-state index contributed by atoms with van der Waals surface area (Å²) in [6.07, 6.45) is 0. The Labute approximate surface area is 144 Å². The summed E-state index contributed by atoms with van der Waals surface area (Å²) >= 11 is 4.68. The lowest BCUT2D eigenvalue weighted by Gasteiger charge is -2.01. The van der Waals surface area contributed by atoms with Crippen LogP contribution in [-0.2, 0) is 0 Å². The second kappa shape index (κ2) is 6.26. The van der Waals surface area contributed by atoms with Crippen LogP contribution in [0.5, 0.6) is 0 Å². The van der Waals surface area contributed by atoms with Crippen LogP contribution in [0.4, 0.5) is 0 Å². The van der Waals surface area contributed by atoms with Gasteiger partial charge in [0.2, 0.25) is 11.0 Å². The molecule has 0 aliphatic heterocycles. The van der Waals surface area contributed by atoms with E-state index in [1.165, 1.54) is 11.8 Å². The predicted molar refractivity (Wildman–Crippen MR) is 91.6 cm³/mol. The van der Waals surface area contributed by atoms with Crippen molar-refractivity contribution in [3.8, 4) is 21.5 Å². The van der Waals surface area contributed by atoms with Crippen molar-refractivity contribution in [2.24, 2.45) is 0 Å².